The highest BCUT2D eigenvalue weighted by Gasteiger charge is 2.18. The van der Waals surface area contributed by atoms with Crippen LogP contribution in [0.2, 0.25) is 5.02 Å². The molecule has 21 heavy (non-hydrogen) atoms. The van der Waals surface area contributed by atoms with Crippen LogP contribution in [0.15, 0.2) is 18.2 Å². The van der Waals surface area contributed by atoms with Crippen LogP contribution < -0.4 is 11.1 Å². The molecule has 1 unspecified atom stereocenters. The lowest BCUT2D eigenvalue weighted by molar-refractivity contribution is -0.120. The van der Waals surface area contributed by atoms with Crippen LogP contribution in [0.1, 0.15) is 20.8 Å². The zero-order valence-corrected chi connectivity index (χ0v) is 13.8. The average Bonchev–Trinajstić information content (AvgIpc) is 2.41. The van der Waals surface area contributed by atoms with Crippen molar-refractivity contribution in [2.45, 2.75) is 32.9 Å². The highest BCUT2D eigenvalue weighted by atomic mass is 35.5. The minimum atomic E-state index is -0.292. The standard InChI is InChI=1S/C15H24ClN3O2/c1-10(2)21-8-7-19(4)11(3)15(20)18-14-9-12(16)5-6-13(14)17/h5-6,9-11H,7-8,17H2,1-4H3,(H,18,20). The minimum Gasteiger partial charge on any atom is -0.397 e. The maximum absolute atomic E-state index is 12.2. The average molecular weight is 314 g/mol. The number of anilines is 2. The molecular formula is C15H24ClN3O2. The molecule has 1 aromatic rings. The summed E-state index contributed by atoms with van der Waals surface area (Å²) in [5.74, 6) is -0.129. The monoisotopic (exact) mass is 313 g/mol. The van der Waals surface area contributed by atoms with Gasteiger partial charge in [0.2, 0.25) is 5.91 Å². The third kappa shape index (κ3) is 5.91. The Morgan fingerprint density at radius 1 is 1.43 bits per heavy atom. The number of halogens is 1. The molecule has 1 rings (SSSR count). The van der Waals surface area contributed by atoms with Crippen LogP contribution >= 0.6 is 11.6 Å². The number of nitrogens with one attached hydrogen (secondary N) is 1. The van der Waals surface area contributed by atoms with Gasteiger partial charge in [0.25, 0.3) is 0 Å². The molecule has 0 saturated heterocycles. The van der Waals surface area contributed by atoms with E-state index in [0.29, 0.717) is 29.5 Å². The Balaban J connectivity index is 2.55. The van der Waals surface area contributed by atoms with Crippen molar-refractivity contribution in [2.24, 2.45) is 0 Å². The molecule has 0 aromatic heterocycles. The first-order valence-corrected chi connectivity index (χ1v) is 7.36. The number of nitrogens with two attached hydrogens (primary N) is 1. The fourth-order valence-corrected chi connectivity index (χ4v) is 1.87. The van der Waals surface area contributed by atoms with Crippen molar-refractivity contribution in [1.82, 2.24) is 4.90 Å². The minimum absolute atomic E-state index is 0.129. The second kappa shape index (κ2) is 8.22. The van der Waals surface area contributed by atoms with Crippen molar-refractivity contribution in [1.29, 1.82) is 0 Å². The lowest BCUT2D eigenvalue weighted by atomic mass is 10.2. The smallest absolute Gasteiger partial charge is 0.241 e. The number of hydrogen-bond acceptors (Lipinski definition) is 4. The molecule has 0 radical (unpaired) electrons. The lowest BCUT2D eigenvalue weighted by Gasteiger charge is -2.24. The van der Waals surface area contributed by atoms with E-state index in [1.54, 1.807) is 18.2 Å². The zero-order valence-electron chi connectivity index (χ0n) is 13.0. The molecule has 0 aliphatic carbocycles. The second-order valence-corrected chi connectivity index (χ2v) is 5.73. The van der Waals surface area contributed by atoms with Crippen LogP contribution in [-0.2, 0) is 9.53 Å². The van der Waals surface area contributed by atoms with Crippen molar-refractivity contribution in [3.63, 3.8) is 0 Å². The number of benzene rings is 1. The Morgan fingerprint density at radius 3 is 2.71 bits per heavy atom. The molecule has 3 N–H and O–H groups in total. The Bertz CT molecular complexity index is 480. The van der Waals surface area contributed by atoms with Gasteiger partial charge >= 0.3 is 0 Å². The third-order valence-corrected chi connectivity index (χ3v) is 3.44. The Kier molecular flexibility index (Phi) is 6.95. The van der Waals surface area contributed by atoms with Gasteiger partial charge in [0, 0.05) is 11.6 Å². The van der Waals surface area contributed by atoms with Crippen molar-refractivity contribution >= 4 is 28.9 Å². The van der Waals surface area contributed by atoms with Crippen LogP contribution in [0.4, 0.5) is 11.4 Å². The van der Waals surface area contributed by atoms with Crippen LogP contribution in [0.5, 0.6) is 0 Å². The van der Waals surface area contributed by atoms with E-state index in [4.69, 9.17) is 22.1 Å². The molecule has 0 aliphatic rings. The van der Waals surface area contributed by atoms with Gasteiger partial charge in [-0.05, 0) is 46.0 Å². The fraction of sp³-hybridized carbons (Fsp3) is 0.533. The highest BCUT2D eigenvalue weighted by Crippen LogP contribution is 2.23. The number of ether oxygens (including phenoxy) is 1. The number of carbonyl (C=O) groups excluding carboxylic acids is 1. The topological polar surface area (TPSA) is 67.6 Å². The molecule has 0 spiro atoms. The number of likely N-dealkylation sites (N-methyl/N-ethyl adjacent to an activating group) is 1. The van der Waals surface area contributed by atoms with Gasteiger partial charge in [-0.2, -0.15) is 0 Å². The molecule has 0 fully saturated rings. The summed E-state index contributed by atoms with van der Waals surface area (Å²) in [6, 6.07) is 4.71. The van der Waals surface area contributed by atoms with E-state index in [-0.39, 0.29) is 18.1 Å². The number of nitrogen functional groups attached to an aromatic ring is 1. The second-order valence-electron chi connectivity index (χ2n) is 5.30. The van der Waals surface area contributed by atoms with Gasteiger partial charge in [-0.15, -0.1) is 0 Å². The van der Waals surface area contributed by atoms with Gasteiger partial charge < -0.3 is 15.8 Å². The van der Waals surface area contributed by atoms with Gasteiger partial charge in [-0.1, -0.05) is 11.6 Å². The Hall–Kier alpha value is -1.30. The Morgan fingerprint density at radius 2 is 2.10 bits per heavy atom. The summed E-state index contributed by atoms with van der Waals surface area (Å²) in [5.41, 5.74) is 6.85. The summed E-state index contributed by atoms with van der Waals surface area (Å²) in [5, 5.41) is 3.33. The van der Waals surface area contributed by atoms with E-state index in [1.807, 2.05) is 32.7 Å². The molecule has 118 valence electrons. The van der Waals surface area contributed by atoms with E-state index in [9.17, 15) is 4.79 Å². The van der Waals surface area contributed by atoms with Gasteiger partial charge in [0.15, 0.2) is 0 Å². The van der Waals surface area contributed by atoms with Gasteiger partial charge in [-0.25, -0.2) is 0 Å². The normalized spacial score (nSPS) is 12.7. The van der Waals surface area contributed by atoms with Crippen LogP contribution in [0.25, 0.3) is 0 Å². The predicted octanol–water partition coefficient (Wildman–Crippen LogP) is 2.61. The summed E-state index contributed by atoms with van der Waals surface area (Å²) in [7, 11) is 1.88. The summed E-state index contributed by atoms with van der Waals surface area (Å²) in [6.07, 6.45) is 0.189. The number of hydrogen-bond donors (Lipinski definition) is 2. The molecule has 0 saturated carbocycles. The van der Waals surface area contributed by atoms with Gasteiger partial charge in [-0.3, -0.25) is 9.69 Å². The maximum atomic E-state index is 12.2. The molecule has 6 heteroatoms. The first kappa shape index (κ1) is 17.8. The predicted molar refractivity (Wildman–Crippen MR) is 87.7 cm³/mol. The van der Waals surface area contributed by atoms with Gasteiger partial charge in [0.1, 0.15) is 0 Å². The molecule has 5 nitrogen and oxygen atoms in total. The van der Waals surface area contributed by atoms with E-state index >= 15 is 0 Å². The van der Waals surface area contributed by atoms with E-state index in [2.05, 4.69) is 5.32 Å². The zero-order chi connectivity index (χ0) is 16.0. The van der Waals surface area contributed by atoms with Crippen molar-refractivity contribution in [3.8, 4) is 0 Å². The Labute approximate surface area is 131 Å². The number of nitrogens with zero attached hydrogens (tertiary/aromatic N) is 1. The largest absolute Gasteiger partial charge is 0.397 e. The molecule has 1 amide bonds. The SMILES string of the molecule is CC(C)OCCN(C)C(C)C(=O)Nc1cc(Cl)ccc1N. The molecule has 0 bridgehead atoms. The number of amides is 1. The number of rotatable bonds is 7. The molecule has 1 aromatic carbocycles. The van der Waals surface area contributed by atoms with Crippen LogP contribution in [0, 0.1) is 0 Å². The lowest BCUT2D eigenvalue weighted by Crippen LogP contribution is -2.41. The van der Waals surface area contributed by atoms with Crippen molar-refractivity contribution in [3.05, 3.63) is 23.2 Å². The third-order valence-electron chi connectivity index (χ3n) is 3.21. The first-order chi connectivity index (χ1) is 9.81. The van der Waals surface area contributed by atoms with E-state index in [1.165, 1.54) is 0 Å². The number of carbonyl (C=O) groups is 1. The maximum Gasteiger partial charge on any atom is 0.241 e. The fourth-order valence-electron chi connectivity index (χ4n) is 1.70. The van der Waals surface area contributed by atoms with E-state index in [0.717, 1.165) is 0 Å². The summed E-state index contributed by atoms with van der Waals surface area (Å²) in [4.78, 5) is 14.2. The summed E-state index contributed by atoms with van der Waals surface area (Å²) in [6.45, 7) is 7.07. The van der Waals surface area contributed by atoms with Crippen molar-refractivity contribution < 1.29 is 9.53 Å². The quantitative estimate of drug-likeness (QED) is 0.759. The van der Waals surface area contributed by atoms with Crippen LogP contribution in [0.3, 0.4) is 0 Å². The summed E-state index contributed by atoms with van der Waals surface area (Å²) < 4.78 is 5.48. The van der Waals surface area contributed by atoms with Gasteiger partial charge in [0.05, 0.1) is 30.1 Å². The molecular weight excluding hydrogens is 290 g/mol. The van der Waals surface area contributed by atoms with Crippen LogP contribution in [-0.4, -0.2) is 43.2 Å². The summed E-state index contributed by atoms with van der Waals surface area (Å²) >= 11 is 5.91. The molecule has 0 heterocycles. The first-order valence-electron chi connectivity index (χ1n) is 6.99. The van der Waals surface area contributed by atoms with Crippen molar-refractivity contribution in [2.75, 3.05) is 31.2 Å². The highest BCUT2D eigenvalue weighted by molar-refractivity contribution is 6.31. The molecule has 1 atom stereocenters. The van der Waals surface area contributed by atoms with E-state index < -0.39 is 0 Å². The molecule has 0 aliphatic heterocycles.